The molecule has 1 aliphatic rings. The van der Waals surface area contributed by atoms with Gasteiger partial charge in [-0.2, -0.15) is 18.3 Å². The number of benzene rings is 1. The minimum absolute atomic E-state index is 0.00606. The van der Waals surface area contributed by atoms with E-state index in [0.717, 1.165) is 17.1 Å². The lowest BCUT2D eigenvalue weighted by Crippen LogP contribution is -2.38. The van der Waals surface area contributed by atoms with E-state index in [9.17, 15) is 36.0 Å². The lowest BCUT2D eigenvalue weighted by Gasteiger charge is -2.30. The standard InChI is InChI=1S/C26H33F3N4O5S/c1-32(15-16-39(2,37)38)25(36)19-12-10-18(11-13-19)22(34)9-6-14-30-24(35)21-17-33(20-7-4-3-5-8-20)31-23(21)26(27,28)29/h3-5,7-8,17-19H,6,9-16H2,1-2H3,(H,30,35). The maximum Gasteiger partial charge on any atom is 0.435 e. The highest BCUT2D eigenvalue weighted by Crippen LogP contribution is 2.32. The van der Waals surface area contributed by atoms with Crippen LogP contribution in [0.25, 0.3) is 5.69 Å². The molecule has 9 nitrogen and oxygen atoms in total. The van der Waals surface area contributed by atoms with Gasteiger partial charge in [-0.1, -0.05) is 18.2 Å². The summed E-state index contributed by atoms with van der Waals surface area (Å²) in [4.78, 5) is 39.2. The van der Waals surface area contributed by atoms with E-state index in [1.807, 2.05) is 0 Å². The van der Waals surface area contributed by atoms with Gasteiger partial charge in [0.2, 0.25) is 5.91 Å². The van der Waals surface area contributed by atoms with Crippen molar-refractivity contribution < 1.29 is 36.0 Å². The van der Waals surface area contributed by atoms with E-state index in [4.69, 9.17) is 0 Å². The normalized spacial score (nSPS) is 18.0. The molecule has 0 bridgehead atoms. The minimum atomic E-state index is -4.81. The second-order valence-electron chi connectivity index (χ2n) is 9.93. The molecule has 0 spiro atoms. The van der Waals surface area contributed by atoms with Crippen LogP contribution in [0.1, 0.15) is 54.6 Å². The molecule has 1 saturated carbocycles. The molecule has 2 amide bonds. The zero-order valence-corrected chi connectivity index (χ0v) is 22.7. The number of Topliss-reactive ketones (excluding diaryl/α,β-unsaturated/α-hetero) is 1. The molecule has 2 aromatic rings. The zero-order valence-electron chi connectivity index (χ0n) is 21.9. The molecule has 3 rings (SSSR count). The Morgan fingerprint density at radius 1 is 1.08 bits per heavy atom. The van der Waals surface area contributed by atoms with Crippen LogP contribution < -0.4 is 5.32 Å². The van der Waals surface area contributed by atoms with Gasteiger partial charge in [0.25, 0.3) is 5.91 Å². The average molecular weight is 571 g/mol. The van der Waals surface area contributed by atoms with Crippen LogP contribution in [-0.4, -0.2) is 72.8 Å². The van der Waals surface area contributed by atoms with Crippen LogP contribution >= 0.6 is 0 Å². The lowest BCUT2D eigenvalue weighted by molar-refractivity contribution is -0.141. The predicted molar refractivity (Wildman–Crippen MR) is 138 cm³/mol. The van der Waals surface area contributed by atoms with Crippen molar-refractivity contribution >= 4 is 27.4 Å². The van der Waals surface area contributed by atoms with E-state index in [2.05, 4.69) is 10.4 Å². The van der Waals surface area contributed by atoms with Crippen LogP contribution in [0.5, 0.6) is 0 Å². The number of nitrogens with one attached hydrogen (secondary N) is 1. The van der Waals surface area contributed by atoms with Crippen molar-refractivity contribution in [2.75, 3.05) is 32.1 Å². The Kier molecular flexibility index (Phi) is 9.92. The smallest absolute Gasteiger partial charge is 0.352 e. The first-order chi connectivity index (χ1) is 18.3. The van der Waals surface area contributed by atoms with Gasteiger partial charge in [0.15, 0.2) is 5.69 Å². The summed E-state index contributed by atoms with van der Waals surface area (Å²) >= 11 is 0. The number of para-hydroxylation sites is 1. The number of hydrogen-bond donors (Lipinski definition) is 1. The third-order valence-corrected chi connectivity index (χ3v) is 7.76. The zero-order chi connectivity index (χ0) is 28.8. The van der Waals surface area contributed by atoms with E-state index in [-0.39, 0.29) is 55.2 Å². The van der Waals surface area contributed by atoms with Crippen molar-refractivity contribution in [3.8, 4) is 5.69 Å². The summed E-state index contributed by atoms with van der Waals surface area (Å²) in [6.45, 7) is 0.150. The van der Waals surface area contributed by atoms with Gasteiger partial charge >= 0.3 is 6.18 Å². The Bertz CT molecular complexity index is 1270. The quantitative estimate of drug-likeness (QED) is 0.415. The van der Waals surface area contributed by atoms with Gasteiger partial charge in [0.1, 0.15) is 15.6 Å². The van der Waals surface area contributed by atoms with Crippen molar-refractivity contribution in [3.05, 3.63) is 47.8 Å². The molecule has 0 aliphatic heterocycles. The van der Waals surface area contributed by atoms with Gasteiger partial charge in [0, 0.05) is 50.8 Å². The van der Waals surface area contributed by atoms with Gasteiger partial charge in [-0.15, -0.1) is 0 Å². The molecule has 13 heteroatoms. The molecule has 1 aromatic heterocycles. The maximum absolute atomic E-state index is 13.5. The topological polar surface area (TPSA) is 118 Å². The van der Waals surface area contributed by atoms with Crippen molar-refractivity contribution in [2.24, 2.45) is 11.8 Å². The fourth-order valence-electron chi connectivity index (χ4n) is 4.61. The molecule has 0 radical (unpaired) electrons. The number of alkyl halides is 3. The summed E-state index contributed by atoms with van der Waals surface area (Å²) in [6.07, 6.45) is -0.0968. The fourth-order valence-corrected chi connectivity index (χ4v) is 5.22. The summed E-state index contributed by atoms with van der Waals surface area (Å²) < 4.78 is 64.2. The number of amides is 2. The van der Waals surface area contributed by atoms with Crippen LogP contribution in [0, 0.1) is 11.8 Å². The Morgan fingerprint density at radius 2 is 1.69 bits per heavy atom. The molecular formula is C26H33F3N4O5S. The van der Waals surface area contributed by atoms with Gasteiger partial charge in [0.05, 0.1) is 17.0 Å². The summed E-state index contributed by atoms with van der Waals surface area (Å²) in [6, 6.07) is 8.14. The van der Waals surface area contributed by atoms with Crippen LogP contribution in [0.15, 0.2) is 36.5 Å². The van der Waals surface area contributed by atoms with Gasteiger partial charge in [-0.05, 0) is 44.2 Å². The first-order valence-corrected chi connectivity index (χ1v) is 14.8. The van der Waals surface area contributed by atoms with Crippen molar-refractivity contribution in [1.29, 1.82) is 0 Å². The lowest BCUT2D eigenvalue weighted by atomic mass is 9.78. The van der Waals surface area contributed by atoms with E-state index in [1.54, 1.807) is 37.4 Å². The van der Waals surface area contributed by atoms with E-state index in [0.29, 0.717) is 31.4 Å². The maximum atomic E-state index is 13.5. The molecule has 0 saturated heterocycles. The molecule has 214 valence electrons. The van der Waals surface area contributed by atoms with Crippen molar-refractivity contribution in [2.45, 2.75) is 44.7 Å². The molecular weight excluding hydrogens is 537 g/mol. The highest BCUT2D eigenvalue weighted by Gasteiger charge is 2.39. The fraction of sp³-hybridized carbons (Fsp3) is 0.538. The van der Waals surface area contributed by atoms with Gasteiger partial charge < -0.3 is 10.2 Å². The molecule has 39 heavy (non-hydrogen) atoms. The summed E-state index contributed by atoms with van der Waals surface area (Å²) in [5, 5.41) is 6.02. The Balaban J connectivity index is 1.45. The first kappa shape index (κ1) is 30.3. The molecule has 1 aliphatic carbocycles. The monoisotopic (exact) mass is 570 g/mol. The molecule has 1 fully saturated rings. The largest absolute Gasteiger partial charge is 0.435 e. The third-order valence-electron chi connectivity index (χ3n) is 6.84. The number of hydrogen-bond acceptors (Lipinski definition) is 6. The Morgan fingerprint density at radius 3 is 2.28 bits per heavy atom. The molecule has 1 heterocycles. The van der Waals surface area contributed by atoms with Crippen LogP contribution in [0.2, 0.25) is 0 Å². The number of rotatable bonds is 11. The second kappa shape index (κ2) is 12.8. The summed E-state index contributed by atoms with van der Waals surface area (Å²) in [7, 11) is -1.60. The number of carbonyl (C=O) groups is 3. The van der Waals surface area contributed by atoms with Crippen molar-refractivity contribution in [3.63, 3.8) is 0 Å². The van der Waals surface area contributed by atoms with Crippen LogP contribution in [0.3, 0.4) is 0 Å². The van der Waals surface area contributed by atoms with Gasteiger partial charge in [-0.3, -0.25) is 14.4 Å². The Hall–Kier alpha value is -3.22. The molecule has 1 aromatic carbocycles. The highest BCUT2D eigenvalue weighted by atomic mass is 32.2. The summed E-state index contributed by atoms with van der Waals surface area (Å²) in [5.41, 5.74) is -1.50. The molecule has 0 atom stereocenters. The molecule has 0 unspecified atom stereocenters. The number of carbonyl (C=O) groups excluding carboxylic acids is 3. The van der Waals surface area contributed by atoms with Crippen LogP contribution in [-0.2, 0) is 25.6 Å². The number of ketones is 1. The average Bonchev–Trinajstić information content (AvgIpc) is 3.36. The first-order valence-electron chi connectivity index (χ1n) is 12.7. The van der Waals surface area contributed by atoms with Gasteiger partial charge in [-0.25, -0.2) is 13.1 Å². The number of halogens is 3. The van der Waals surface area contributed by atoms with E-state index in [1.165, 1.54) is 4.90 Å². The van der Waals surface area contributed by atoms with Crippen molar-refractivity contribution in [1.82, 2.24) is 20.0 Å². The number of sulfone groups is 1. The second-order valence-corrected chi connectivity index (χ2v) is 12.2. The highest BCUT2D eigenvalue weighted by molar-refractivity contribution is 7.90. The number of nitrogens with zero attached hydrogens (tertiary/aromatic N) is 3. The van der Waals surface area contributed by atoms with Crippen LogP contribution in [0.4, 0.5) is 13.2 Å². The molecule has 1 N–H and O–H groups in total. The predicted octanol–water partition coefficient (Wildman–Crippen LogP) is 3.28. The number of aromatic nitrogens is 2. The summed E-state index contributed by atoms with van der Waals surface area (Å²) in [5.74, 6) is -1.62. The minimum Gasteiger partial charge on any atom is -0.352 e. The van der Waals surface area contributed by atoms with E-state index >= 15 is 0 Å². The Labute approximate surface area is 225 Å². The third kappa shape index (κ3) is 8.64. The SMILES string of the molecule is CN(CCS(C)(=O)=O)C(=O)C1CCC(C(=O)CCCNC(=O)c2cn(-c3ccccc3)nc2C(F)(F)F)CC1. The van der Waals surface area contributed by atoms with E-state index < -0.39 is 33.2 Å².